The molecule has 8 aromatic heterocycles. The van der Waals surface area contributed by atoms with E-state index in [9.17, 15) is 58.7 Å². The molecule has 16 aromatic rings. The fourth-order valence-corrected chi connectivity index (χ4v) is 20.4. The zero-order valence-electron chi connectivity index (χ0n) is 72.6. The molecule has 690 valence electrons. The third-order valence-electron chi connectivity index (χ3n) is 26.0. The van der Waals surface area contributed by atoms with Gasteiger partial charge in [-0.05, 0) is 215 Å². The lowest BCUT2D eigenvalue weighted by Gasteiger charge is -2.35. The van der Waals surface area contributed by atoms with Crippen LogP contribution in [0.5, 0.6) is 0 Å². The Kier molecular flexibility index (Phi) is 22.9. The van der Waals surface area contributed by atoms with Gasteiger partial charge >= 0.3 is 18.5 Å². The number of carbonyl (C=O) groups is 4. The number of benzene rings is 8. The standard InChI is InChI=1S/C98H77Br3F9N19O7/c1-52-31-72-81(47-121(52)90(131)63-19-28-78(99)75(39-63)96(102,103)104)127-87(66(42-114-127)36-55-11-12-55)124(93(72)134)69-22-13-60(14-23-69)84-117-112-50-119(84)45-58-9-5-7-56(34-58)37-67-43-115-128-82-48-122(91(132)64-20-29-79(100)76(40-64)97(105,106)107)53(2)32-73(82)94(135)125(88(67)128)70-24-15-61(16-25-70)85-118-113-51-120(85)46-59-10-6-8-57(35-59)38-68-44-116-129-83-49-123(92(133)65-21-30-80(101)77(41-65)98(108,109)110)54(3)33-74(83)95(136)126(89(68)129)71-26-17-62(18-27-71)86(130)111-4/h5-10,13-30,34-35,39-44,50-55H,11-12,31-33,36-38,45-49H2,1-4H3,(H,111,130)/t52-,53-,54-/m0/s1. The van der Waals surface area contributed by atoms with Gasteiger partial charge in [-0.15, -0.1) is 20.4 Å². The first-order valence-electron chi connectivity index (χ1n) is 43.5. The van der Waals surface area contributed by atoms with Gasteiger partial charge in [0.05, 0.1) is 102 Å². The Labute approximate surface area is 791 Å². The van der Waals surface area contributed by atoms with Crippen LogP contribution in [0.25, 0.3) is 56.8 Å². The molecular formula is C98H77Br3F9N19O7. The van der Waals surface area contributed by atoms with E-state index in [4.69, 9.17) is 15.3 Å². The molecule has 0 radical (unpaired) electrons. The zero-order valence-corrected chi connectivity index (χ0v) is 77.3. The van der Waals surface area contributed by atoms with Gasteiger partial charge in [0.1, 0.15) is 29.6 Å². The molecule has 1 N–H and O–H groups in total. The normalized spacial score (nSPS) is 15.8. The fourth-order valence-electron chi connectivity index (χ4n) is 19.0. The molecule has 136 heavy (non-hydrogen) atoms. The van der Waals surface area contributed by atoms with Gasteiger partial charge < -0.3 is 29.2 Å². The Hall–Kier alpha value is -14.0. The Morgan fingerprint density at radius 1 is 0.412 bits per heavy atom. The van der Waals surface area contributed by atoms with Crippen molar-refractivity contribution >= 4 is 88.4 Å². The molecule has 8 aromatic carbocycles. The Morgan fingerprint density at radius 3 is 1.07 bits per heavy atom. The molecule has 20 rings (SSSR count). The first kappa shape index (κ1) is 89.8. The molecule has 1 fully saturated rings. The van der Waals surface area contributed by atoms with Crippen LogP contribution in [0.1, 0.15) is 164 Å². The van der Waals surface area contributed by atoms with Crippen molar-refractivity contribution in [2.45, 2.75) is 142 Å². The van der Waals surface area contributed by atoms with E-state index in [0.717, 1.165) is 58.9 Å². The van der Waals surface area contributed by atoms with Crippen LogP contribution in [-0.4, -0.2) is 136 Å². The summed E-state index contributed by atoms with van der Waals surface area (Å²) < 4.78 is 141. The Balaban J connectivity index is 0.591. The summed E-state index contributed by atoms with van der Waals surface area (Å²) in [6, 6.07) is 44.7. The molecule has 11 heterocycles. The number of fused-ring (bicyclic) bond motifs is 9. The molecule has 3 aliphatic heterocycles. The maximum Gasteiger partial charge on any atom is 0.417 e. The van der Waals surface area contributed by atoms with Gasteiger partial charge in [-0.2, -0.15) is 54.8 Å². The van der Waals surface area contributed by atoms with Crippen molar-refractivity contribution in [1.82, 2.24) is 92.1 Å². The molecule has 26 nitrogen and oxygen atoms in total. The topological polar surface area (TPSA) is 269 Å². The molecule has 38 heteroatoms. The summed E-state index contributed by atoms with van der Waals surface area (Å²) >= 11 is 8.96. The first-order valence-corrected chi connectivity index (χ1v) is 45.9. The monoisotopic (exact) mass is 2040 g/mol. The second-order valence-electron chi connectivity index (χ2n) is 34.9. The Morgan fingerprint density at radius 2 is 0.735 bits per heavy atom. The minimum absolute atomic E-state index is 0.0117. The molecule has 4 aliphatic rings. The average Bonchev–Trinajstić information content (AvgIpc) is 1.50. The van der Waals surface area contributed by atoms with Crippen LogP contribution >= 0.6 is 47.8 Å². The van der Waals surface area contributed by atoms with E-state index in [1.165, 1.54) is 62.7 Å². The number of amides is 4. The van der Waals surface area contributed by atoms with E-state index < -0.39 is 82.2 Å². The van der Waals surface area contributed by atoms with Crippen molar-refractivity contribution < 1.29 is 58.7 Å². The van der Waals surface area contributed by atoms with Crippen molar-refractivity contribution in [3.8, 4) is 39.8 Å². The van der Waals surface area contributed by atoms with Gasteiger partial charge in [0, 0.05) is 118 Å². The number of hydrogen-bond acceptors (Lipinski definition) is 14. The second kappa shape index (κ2) is 34.7. The molecule has 0 saturated heterocycles. The zero-order chi connectivity index (χ0) is 95.1. The fraction of sp³-hybridized carbons (Fsp3) is 0.245. The third-order valence-corrected chi connectivity index (χ3v) is 28.0. The van der Waals surface area contributed by atoms with Crippen molar-refractivity contribution in [3.63, 3.8) is 0 Å². The van der Waals surface area contributed by atoms with E-state index in [-0.39, 0.29) is 106 Å². The Bertz CT molecular complexity index is 7800. The van der Waals surface area contributed by atoms with Crippen LogP contribution in [0, 0.1) is 5.92 Å². The average molecular weight is 2040 g/mol. The van der Waals surface area contributed by atoms with Crippen molar-refractivity contribution in [2.75, 3.05) is 7.05 Å². The number of nitrogens with zero attached hydrogens (tertiary/aromatic N) is 18. The highest BCUT2D eigenvalue weighted by molar-refractivity contribution is 9.11. The smallest absolute Gasteiger partial charge is 0.355 e. The molecule has 4 amide bonds. The summed E-state index contributed by atoms with van der Waals surface area (Å²) in [7, 11) is 1.50. The van der Waals surface area contributed by atoms with Crippen LogP contribution in [-0.2, 0) is 89.8 Å². The summed E-state index contributed by atoms with van der Waals surface area (Å²) in [5.41, 5.74) is 7.14. The highest BCUT2D eigenvalue weighted by Gasteiger charge is 2.43. The number of halogens is 12. The van der Waals surface area contributed by atoms with E-state index in [1.807, 2.05) is 94.1 Å². The van der Waals surface area contributed by atoms with Gasteiger partial charge in [-0.25, -0.2) is 13.5 Å². The minimum atomic E-state index is -4.78. The molecule has 0 bridgehead atoms. The summed E-state index contributed by atoms with van der Waals surface area (Å²) in [6.07, 6.45) is -2.78. The quantitative estimate of drug-likeness (QED) is 0.0738. The maximum atomic E-state index is 15.8. The highest BCUT2D eigenvalue weighted by Crippen LogP contribution is 2.43. The summed E-state index contributed by atoms with van der Waals surface area (Å²) in [4.78, 5) is 106. The lowest BCUT2D eigenvalue weighted by Crippen LogP contribution is -2.46. The van der Waals surface area contributed by atoms with Gasteiger partial charge in [-0.3, -0.25) is 47.3 Å². The third kappa shape index (κ3) is 16.5. The summed E-state index contributed by atoms with van der Waals surface area (Å²) in [5, 5.41) is 35.1. The van der Waals surface area contributed by atoms with Crippen LogP contribution in [0.3, 0.4) is 0 Å². The molecule has 0 unspecified atom stereocenters. The first-order chi connectivity index (χ1) is 65.1. The number of carbonyl (C=O) groups excluding carboxylic acids is 4. The van der Waals surface area contributed by atoms with Crippen LogP contribution in [0.15, 0.2) is 235 Å². The van der Waals surface area contributed by atoms with Gasteiger partial charge in [0.2, 0.25) is 0 Å². The number of aromatic nitrogens is 15. The van der Waals surface area contributed by atoms with E-state index >= 15 is 14.4 Å². The van der Waals surface area contributed by atoms with Crippen molar-refractivity contribution in [1.29, 1.82) is 0 Å². The van der Waals surface area contributed by atoms with Gasteiger partial charge in [0.25, 0.3) is 40.3 Å². The van der Waals surface area contributed by atoms with Gasteiger partial charge in [-0.1, -0.05) is 96.3 Å². The van der Waals surface area contributed by atoms with Crippen molar-refractivity contribution in [3.05, 3.63) is 363 Å². The number of nitrogens with one attached hydrogen (secondary N) is 1. The van der Waals surface area contributed by atoms with E-state index in [0.29, 0.717) is 120 Å². The van der Waals surface area contributed by atoms with Gasteiger partial charge in [0.15, 0.2) is 11.6 Å². The maximum absolute atomic E-state index is 15.8. The van der Waals surface area contributed by atoms with E-state index in [2.05, 4.69) is 73.5 Å². The lowest BCUT2D eigenvalue weighted by molar-refractivity contribution is -0.139. The largest absolute Gasteiger partial charge is 0.417 e. The van der Waals surface area contributed by atoms with E-state index in [1.54, 1.807) is 111 Å². The molecule has 0 spiro atoms. The van der Waals surface area contributed by atoms with Crippen LogP contribution in [0.2, 0.25) is 0 Å². The predicted octanol–water partition coefficient (Wildman–Crippen LogP) is 17.3. The number of hydrogen-bond donors (Lipinski definition) is 1. The molecule has 1 aliphatic carbocycles. The molecule has 3 atom stereocenters. The summed E-state index contributed by atoms with van der Waals surface area (Å²) in [6.45, 7) is 5.32. The SMILES string of the molecule is CNC(=O)c1ccc(-n2c(=O)c3c(n4ncc(Cc5cccc(Cn6cnnc6-c6ccc(-n7c(=O)c8c(n9ncc(Cc%10cccc(Cn%11cnnc%11-c%11ccc(-n%12c(=O)c%13c(n%14ncc(CC%15CC%15)c%12%14)CN(C(=O)c%12ccc(Br)c(C(F)(F)F)c%12)[C@@H](C)C%13)cc%11)c%10)c79)CN(C(=O)c7ccc(Br)c(C(F)(F)F)c7)[C@@H](C)C8)cc6)c5)c24)CN(C(=O)c2ccc(Br)c(C(F)(F)F)c2)[C@@H](C)C3)cc1. The second-order valence-corrected chi connectivity index (χ2v) is 37.4. The van der Waals surface area contributed by atoms with Crippen LogP contribution < -0.4 is 22.0 Å². The molecule has 1 saturated carbocycles. The highest BCUT2D eigenvalue weighted by atomic mass is 79.9. The lowest BCUT2D eigenvalue weighted by atomic mass is 9.97. The number of alkyl halides is 9. The van der Waals surface area contributed by atoms with Crippen molar-refractivity contribution in [2.24, 2.45) is 5.92 Å². The predicted molar refractivity (Wildman–Crippen MR) is 493 cm³/mol. The summed E-state index contributed by atoms with van der Waals surface area (Å²) in [5.74, 6) is -0.966. The van der Waals surface area contributed by atoms with Crippen LogP contribution in [0.4, 0.5) is 39.5 Å². The minimum Gasteiger partial charge on any atom is -0.355 e. The number of rotatable bonds is 19. The molecular weight excluding hydrogens is 1970 g/mol.